The van der Waals surface area contributed by atoms with Crippen LogP contribution in [0.25, 0.3) is 0 Å². The molecule has 4 nitrogen and oxygen atoms in total. The lowest BCUT2D eigenvalue weighted by atomic mass is 10.2. The van der Waals surface area contributed by atoms with Gasteiger partial charge in [-0.05, 0) is 39.3 Å². The Hall–Kier alpha value is -1.36. The molecule has 1 aliphatic rings. The van der Waals surface area contributed by atoms with Gasteiger partial charge in [-0.3, -0.25) is 9.59 Å². The third-order valence-electron chi connectivity index (χ3n) is 3.55. The van der Waals surface area contributed by atoms with Gasteiger partial charge in [-0.25, -0.2) is 0 Å². The maximum atomic E-state index is 12.4. The van der Waals surface area contributed by atoms with E-state index in [-0.39, 0.29) is 24.3 Å². The number of nitrogens with zero attached hydrogens (tertiary/aromatic N) is 1. The molecule has 1 saturated carbocycles. The Morgan fingerprint density at radius 3 is 2.70 bits per heavy atom. The molecular weight excluding hydrogens is 274 g/mol. The first-order valence-corrected chi connectivity index (χ1v) is 7.89. The van der Waals surface area contributed by atoms with Crippen LogP contribution in [0.4, 0.5) is 0 Å². The summed E-state index contributed by atoms with van der Waals surface area (Å²) in [5.41, 5.74) is 0. The van der Waals surface area contributed by atoms with E-state index in [4.69, 9.17) is 4.74 Å². The van der Waals surface area contributed by atoms with Gasteiger partial charge in [0.15, 0.2) is 0 Å². The highest BCUT2D eigenvalue weighted by Crippen LogP contribution is 2.50. The fourth-order valence-corrected chi connectivity index (χ4v) is 3.43. The third kappa shape index (κ3) is 3.39. The highest BCUT2D eigenvalue weighted by atomic mass is 32.1. The van der Waals surface area contributed by atoms with E-state index >= 15 is 0 Å². The van der Waals surface area contributed by atoms with Crippen LogP contribution in [0.15, 0.2) is 12.1 Å². The van der Waals surface area contributed by atoms with Crippen molar-refractivity contribution in [3.63, 3.8) is 0 Å². The van der Waals surface area contributed by atoms with Crippen LogP contribution in [0.5, 0.6) is 0 Å². The van der Waals surface area contributed by atoms with E-state index in [1.165, 1.54) is 9.75 Å². The number of ether oxygens (including phenoxy) is 1. The summed E-state index contributed by atoms with van der Waals surface area (Å²) in [7, 11) is 0. The zero-order valence-corrected chi connectivity index (χ0v) is 13.0. The predicted octanol–water partition coefficient (Wildman–Crippen LogP) is 2.57. The minimum Gasteiger partial charge on any atom is -0.465 e. The molecule has 1 heterocycles. The van der Waals surface area contributed by atoms with Gasteiger partial charge in [0, 0.05) is 28.1 Å². The van der Waals surface area contributed by atoms with E-state index in [1.807, 2.05) is 6.92 Å². The molecule has 0 aliphatic heterocycles. The topological polar surface area (TPSA) is 46.6 Å². The number of thiophene rings is 1. The summed E-state index contributed by atoms with van der Waals surface area (Å²) in [5, 5.41) is 0. The zero-order valence-electron chi connectivity index (χ0n) is 12.2. The van der Waals surface area contributed by atoms with Gasteiger partial charge in [0.2, 0.25) is 5.91 Å². The van der Waals surface area contributed by atoms with Gasteiger partial charge in [0.05, 0.1) is 6.61 Å². The number of hydrogen-bond donors (Lipinski definition) is 0. The van der Waals surface area contributed by atoms with Crippen molar-refractivity contribution < 1.29 is 14.3 Å². The van der Waals surface area contributed by atoms with E-state index < -0.39 is 0 Å². The van der Waals surface area contributed by atoms with Gasteiger partial charge in [-0.2, -0.15) is 0 Å². The molecule has 1 amide bonds. The van der Waals surface area contributed by atoms with Crippen molar-refractivity contribution in [2.75, 3.05) is 19.7 Å². The zero-order chi connectivity index (χ0) is 14.7. The number of carbonyl (C=O) groups is 2. The number of carbonyl (C=O) groups excluding carboxylic acids is 2. The minimum atomic E-state index is -0.327. The molecule has 110 valence electrons. The minimum absolute atomic E-state index is 0.0439. The molecule has 1 aromatic rings. The number of aryl methyl sites for hydroxylation is 1. The lowest BCUT2D eigenvalue weighted by Crippen LogP contribution is -2.37. The Morgan fingerprint density at radius 1 is 1.40 bits per heavy atom. The maximum absolute atomic E-state index is 12.4. The predicted molar refractivity (Wildman–Crippen MR) is 78.8 cm³/mol. The van der Waals surface area contributed by atoms with Crippen LogP contribution in [-0.2, 0) is 14.3 Å². The first-order valence-electron chi connectivity index (χ1n) is 7.07. The molecule has 0 saturated heterocycles. The Bertz CT molecular complexity index is 497. The maximum Gasteiger partial charge on any atom is 0.325 e. The summed E-state index contributed by atoms with van der Waals surface area (Å²) in [6, 6.07) is 4.20. The van der Waals surface area contributed by atoms with Gasteiger partial charge in [0.25, 0.3) is 0 Å². The van der Waals surface area contributed by atoms with Crippen molar-refractivity contribution in [1.82, 2.24) is 4.90 Å². The number of rotatable bonds is 6. The average molecular weight is 295 g/mol. The highest BCUT2D eigenvalue weighted by Gasteiger charge is 2.46. The molecule has 0 spiro atoms. The Kier molecular flexibility index (Phi) is 4.81. The van der Waals surface area contributed by atoms with E-state index in [2.05, 4.69) is 19.1 Å². The second-order valence-electron chi connectivity index (χ2n) is 5.05. The molecule has 1 aliphatic carbocycles. The van der Waals surface area contributed by atoms with Gasteiger partial charge in [0.1, 0.15) is 6.54 Å². The fourth-order valence-electron chi connectivity index (χ4n) is 2.38. The van der Waals surface area contributed by atoms with Gasteiger partial charge in [-0.15, -0.1) is 11.3 Å². The van der Waals surface area contributed by atoms with E-state index in [0.717, 1.165) is 6.42 Å². The summed E-state index contributed by atoms with van der Waals surface area (Å²) < 4.78 is 4.91. The molecule has 2 rings (SSSR count). The summed E-state index contributed by atoms with van der Waals surface area (Å²) in [6.07, 6.45) is 0.901. The lowest BCUT2D eigenvalue weighted by molar-refractivity contribution is -0.149. The second kappa shape index (κ2) is 6.39. The molecule has 20 heavy (non-hydrogen) atoms. The molecule has 1 fully saturated rings. The monoisotopic (exact) mass is 295 g/mol. The molecule has 0 bridgehead atoms. The van der Waals surface area contributed by atoms with Crippen LogP contribution >= 0.6 is 11.3 Å². The molecule has 2 atom stereocenters. The normalized spacial score (nSPS) is 20.6. The smallest absolute Gasteiger partial charge is 0.325 e. The van der Waals surface area contributed by atoms with Gasteiger partial charge >= 0.3 is 5.97 Å². The largest absolute Gasteiger partial charge is 0.465 e. The van der Waals surface area contributed by atoms with Crippen molar-refractivity contribution in [1.29, 1.82) is 0 Å². The van der Waals surface area contributed by atoms with E-state index in [1.54, 1.807) is 23.2 Å². The summed E-state index contributed by atoms with van der Waals surface area (Å²) in [6.45, 7) is 6.70. The standard InChI is InChI=1S/C15H21NO3S/c1-4-16(9-14(17)19-5-2)15(18)12-8-11(12)13-7-6-10(3)20-13/h6-7,11-12H,4-5,8-9H2,1-3H3/t11-,12-/m0/s1. The molecular formula is C15H21NO3S. The Labute approximate surface area is 123 Å². The van der Waals surface area contributed by atoms with Gasteiger partial charge in [-0.1, -0.05) is 0 Å². The second-order valence-corrected chi connectivity index (χ2v) is 6.37. The van der Waals surface area contributed by atoms with Crippen molar-refractivity contribution >= 4 is 23.2 Å². The van der Waals surface area contributed by atoms with Crippen molar-refractivity contribution in [3.8, 4) is 0 Å². The highest BCUT2D eigenvalue weighted by molar-refractivity contribution is 7.12. The number of esters is 1. The van der Waals surface area contributed by atoms with Crippen molar-refractivity contribution in [3.05, 3.63) is 21.9 Å². The fraction of sp³-hybridized carbons (Fsp3) is 0.600. The van der Waals surface area contributed by atoms with E-state index in [0.29, 0.717) is 19.1 Å². The molecule has 1 aromatic heterocycles. The molecule has 5 heteroatoms. The Balaban J connectivity index is 1.92. The quantitative estimate of drug-likeness (QED) is 0.758. The number of hydrogen-bond acceptors (Lipinski definition) is 4. The third-order valence-corrected chi connectivity index (χ3v) is 4.69. The Morgan fingerprint density at radius 2 is 2.15 bits per heavy atom. The lowest BCUT2D eigenvalue weighted by Gasteiger charge is -2.19. The first-order chi connectivity index (χ1) is 9.56. The average Bonchev–Trinajstić information content (AvgIpc) is 3.11. The number of likely N-dealkylation sites (N-methyl/N-ethyl adjacent to an activating group) is 1. The molecule has 0 aromatic carbocycles. The molecule has 0 radical (unpaired) electrons. The summed E-state index contributed by atoms with van der Waals surface area (Å²) in [5.74, 6) is 0.142. The summed E-state index contributed by atoms with van der Waals surface area (Å²) in [4.78, 5) is 28.1. The number of amides is 1. The van der Waals surface area contributed by atoms with Gasteiger partial charge < -0.3 is 9.64 Å². The van der Waals surface area contributed by atoms with Crippen LogP contribution in [0.2, 0.25) is 0 Å². The first kappa shape index (κ1) is 15.0. The van der Waals surface area contributed by atoms with Crippen LogP contribution in [-0.4, -0.2) is 36.5 Å². The van der Waals surface area contributed by atoms with Crippen LogP contribution in [0, 0.1) is 12.8 Å². The molecule has 0 unspecified atom stereocenters. The van der Waals surface area contributed by atoms with Crippen molar-refractivity contribution in [2.24, 2.45) is 5.92 Å². The molecule has 0 N–H and O–H groups in total. The van der Waals surface area contributed by atoms with E-state index in [9.17, 15) is 9.59 Å². The SMILES string of the molecule is CCOC(=O)CN(CC)C(=O)[C@H]1C[C@@H]1c1ccc(C)s1. The van der Waals surface area contributed by atoms with Crippen molar-refractivity contribution in [2.45, 2.75) is 33.1 Å². The summed E-state index contributed by atoms with van der Waals surface area (Å²) >= 11 is 1.76. The van der Waals surface area contributed by atoms with Crippen LogP contribution < -0.4 is 0 Å². The van der Waals surface area contributed by atoms with Crippen LogP contribution in [0.1, 0.15) is 35.9 Å². The van der Waals surface area contributed by atoms with Crippen LogP contribution in [0.3, 0.4) is 0 Å².